The van der Waals surface area contributed by atoms with Gasteiger partial charge in [-0.05, 0) is 47.7 Å². The number of hydrogen-bond acceptors (Lipinski definition) is 6. The van der Waals surface area contributed by atoms with Crippen molar-refractivity contribution in [2.45, 2.75) is 0 Å². The van der Waals surface area contributed by atoms with Crippen LogP contribution in [0.2, 0.25) is 0 Å². The van der Waals surface area contributed by atoms with Gasteiger partial charge in [-0.1, -0.05) is 18.2 Å². The van der Waals surface area contributed by atoms with Crippen molar-refractivity contribution in [3.63, 3.8) is 0 Å². The van der Waals surface area contributed by atoms with Crippen molar-refractivity contribution < 1.29 is 19.1 Å². The lowest BCUT2D eigenvalue weighted by Gasteiger charge is -2.12. The highest BCUT2D eigenvalue weighted by molar-refractivity contribution is 8.18. The molecular weight excluding hydrogens is 366 g/mol. The summed E-state index contributed by atoms with van der Waals surface area (Å²) < 4.78 is 5.10. The van der Waals surface area contributed by atoms with E-state index in [-0.39, 0.29) is 35.8 Å². The Bertz CT molecular complexity index is 882. The van der Waals surface area contributed by atoms with Gasteiger partial charge in [0, 0.05) is 19.3 Å². The van der Waals surface area contributed by atoms with Gasteiger partial charge in [0.15, 0.2) is 0 Å². The number of nitrogens with zero attached hydrogens (tertiary/aromatic N) is 2. The van der Waals surface area contributed by atoms with E-state index in [0.29, 0.717) is 10.7 Å². The Labute approximate surface area is 160 Å². The Kier molecular flexibility index (Phi) is 5.87. The summed E-state index contributed by atoms with van der Waals surface area (Å²) in [5.74, 6) is -0.00634. The lowest BCUT2D eigenvalue weighted by atomic mass is 10.2. The zero-order chi connectivity index (χ0) is 19.2. The van der Waals surface area contributed by atoms with E-state index < -0.39 is 0 Å². The molecule has 0 bridgehead atoms. The largest absolute Gasteiger partial charge is 0.497 e. The lowest BCUT2D eigenvalue weighted by molar-refractivity contribution is -0.122. The van der Waals surface area contributed by atoms with Crippen LogP contribution >= 0.6 is 11.8 Å². The van der Waals surface area contributed by atoms with Crippen molar-refractivity contribution in [1.29, 1.82) is 0 Å². The maximum absolute atomic E-state index is 12.5. The maximum atomic E-state index is 12.5. The summed E-state index contributed by atoms with van der Waals surface area (Å²) >= 11 is 0.884. The molecule has 27 heavy (non-hydrogen) atoms. The first-order chi connectivity index (χ1) is 13.1. The smallest absolute Gasteiger partial charge is 0.293 e. The molecular formula is C19H17N3O4S. The van der Waals surface area contributed by atoms with Crippen LogP contribution in [-0.2, 0) is 4.79 Å². The van der Waals surface area contributed by atoms with E-state index in [1.54, 1.807) is 55.7 Å². The number of methoxy groups -OCH3 is 1. The fourth-order valence-corrected chi connectivity index (χ4v) is 3.28. The summed E-state index contributed by atoms with van der Waals surface area (Å²) in [5, 5.41) is 2.30. The van der Waals surface area contributed by atoms with E-state index in [1.165, 1.54) is 6.20 Å². The molecule has 138 valence electrons. The van der Waals surface area contributed by atoms with E-state index >= 15 is 0 Å². The van der Waals surface area contributed by atoms with E-state index in [4.69, 9.17) is 4.74 Å². The minimum Gasteiger partial charge on any atom is -0.497 e. The average molecular weight is 383 g/mol. The molecule has 1 saturated heterocycles. The molecule has 0 unspecified atom stereocenters. The Morgan fingerprint density at radius 2 is 2.00 bits per heavy atom. The van der Waals surface area contributed by atoms with Crippen LogP contribution in [0, 0.1) is 0 Å². The number of benzene rings is 1. The first-order valence-corrected chi connectivity index (χ1v) is 8.99. The van der Waals surface area contributed by atoms with Crippen LogP contribution < -0.4 is 10.1 Å². The highest BCUT2D eigenvalue weighted by Crippen LogP contribution is 2.32. The Morgan fingerprint density at radius 1 is 1.22 bits per heavy atom. The Morgan fingerprint density at radius 3 is 2.67 bits per heavy atom. The minimum atomic E-state index is -0.368. The molecule has 0 saturated carbocycles. The molecule has 1 aliphatic heterocycles. The molecule has 1 aromatic carbocycles. The van der Waals surface area contributed by atoms with Crippen LogP contribution in [-0.4, -0.2) is 47.1 Å². The predicted octanol–water partition coefficient (Wildman–Crippen LogP) is 2.56. The van der Waals surface area contributed by atoms with Gasteiger partial charge in [-0.3, -0.25) is 24.3 Å². The Hall–Kier alpha value is -3.13. The third kappa shape index (κ3) is 4.53. The number of carbonyl (C=O) groups excluding carboxylic acids is 3. The summed E-state index contributed by atoms with van der Waals surface area (Å²) in [6.07, 6.45) is 3.19. The number of pyridine rings is 1. The minimum absolute atomic E-state index is 0.100. The number of aromatic nitrogens is 1. The second-order valence-corrected chi connectivity index (χ2v) is 6.57. The summed E-state index contributed by atoms with van der Waals surface area (Å²) in [6.45, 7) is 0.256. The molecule has 0 spiro atoms. The fourth-order valence-electron chi connectivity index (χ4n) is 2.41. The third-order valence-corrected chi connectivity index (χ3v) is 4.71. The summed E-state index contributed by atoms with van der Waals surface area (Å²) in [7, 11) is 1.58. The topological polar surface area (TPSA) is 88.6 Å². The zero-order valence-electron chi connectivity index (χ0n) is 14.5. The summed E-state index contributed by atoms with van der Waals surface area (Å²) in [6, 6.07) is 12.2. The molecule has 0 aliphatic carbocycles. The van der Waals surface area contributed by atoms with Crippen molar-refractivity contribution in [3.8, 4) is 5.75 Å². The first-order valence-electron chi connectivity index (χ1n) is 8.17. The van der Waals surface area contributed by atoms with Crippen LogP contribution in [0.1, 0.15) is 16.1 Å². The van der Waals surface area contributed by atoms with Crippen LogP contribution in [0.5, 0.6) is 5.75 Å². The van der Waals surface area contributed by atoms with Crippen LogP contribution in [0.4, 0.5) is 4.79 Å². The standard InChI is InChI=1S/C19H17N3O4S/c1-26-14-7-5-13(6-8-14)12-16-18(24)22(19(25)27-16)11-10-21-17(23)15-4-2-3-9-20-15/h2-9,12H,10-11H2,1H3,(H,21,23). The van der Waals surface area contributed by atoms with Gasteiger partial charge in [-0.25, -0.2) is 0 Å². The number of nitrogens with one attached hydrogen (secondary N) is 1. The zero-order valence-corrected chi connectivity index (χ0v) is 15.4. The monoisotopic (exact) mass is 383 g/mol. The molecule has 1 aromatic heterocycles. The number of amides is 3. The molecule has 1 fully saturated rings. The van der Waals surface area contributed by atoms with E-state index in [1.807, 2.05) is 0 Å². The van der Waals surface area contributed by atoms with Crippen LogP contribution in [0.15, 0.2) is 53.6 Å². The molecule has 1 N–H and O–H groups in total. The van der Waals surface area contributed by atoms with E-state index in [2.05, 4.69) is 10.3 Å². The van der Waals surface area contributed by atoms with Crippen LogP contribution in [0.3, 0.4) is 0 Å². The van der Waals surface area contributed by atoms with Gasteiger partial charge < -0.3 is 10.1 Å². The van der Waals surface area contributed by atoms with Gasteiger partial charge in [-0.2, -0.15) is 0 Å². The van der Waals surface area contributed by atoms with Gasteiger partial charge in [-0.15, -0.1) is 0 Å². The first kappa shape index (κ1) is 18.7. The van der Waals surface area contributed by atoms with Gasteiger partial charge in [0.2, 0.25) is 0 Å². The van der Waals surface area contributed by atoms with Gasteiger partial charge >= 0.3 is 0 Å². The molecule has 8 heteroatoms. The number of hydrogen-bond donors (Lipinski definition) is 1. The molecule has 0 radical (unpaired) electrons. The predicted molar refractivity (Wildman–Crippen MR) is 102 cm³/mol. The number of carbonyl (C=O) groups is 3. The molecule has 1 aliphatic rings. The molecule has 0 atom stereocenters. The lowest BCUT2D eigenvalue weighted by Crippen LogP contribution is -2.37. The van der Waals surface area contributed by atoms with E-state index in [0.717, 1.165) is 22.2 Å². The molecule has 3 rings (SSSR count). The third-order valence-electron chi connectivity index (χ3n) is 3.81. The van der Waals surface area contributed by atoms with Crippen LogP contribution in [0.25, 0.3) is 6.08 Å². The van der Waals surface area contributed by atoms with Gasteiger partial charge in [0.25, 0.3) is 17.1 Å². The highest BCUT2D eigenvalue weighted by atomic mass is 32.2. The van der Waals surface area contributed by atoms with Crippen molar-refractivity contribution in [3.05, 3.63) is 64.8 Å². The SMILES string of the molecule is COc1ccc(C=C2SC(=O)N(CCNC(=O)c3ccccn3)C2=O)cc1. The number of ether oxygens (including phenoxy) is 1. The van der Waals surface area contributed by atoms with Crippen molar-refractivity contribution in [2.24, 2.45) is 0 Å². The number of rotatable bonds is 6. The summed E-state index contributed by atoms with van der Waals surface area (Å²) in [5.41, 5.74) is 1.08. The van der Waals surface area contributed by atoms with Gasteiger partial charge in [0.05, 0.1) is 12.0 Å². The van der Waals surface area contributed by atoms with Crippen molar-refractivity contribution in [2.75, 3.05) is 20.2 Å². The summed E-state index contributed by atoms with van der Waals surface area (Å²) in [4.78, 5) is 41.9. The van der Waals surface area contributed by atoms with Crippen molar-refractivity contribution in [1.82, 2.24) is 15.2 Å². The van der Waals surface area contributed by atoms with Gasteiger partial charge in [0.1, 0.15) is 11.4 Å². The molecule has 2 aromatic rings. The Balaban J connectivity index is 1.59. The maximum Gasteiger partial charge on any atom is 0.293 e. The highest BCUT2D eigenvalue weighted by Gasteiger charge is 2.34. The molecule has 2 heterocycles. The number of imide groups is 1. The second-order valence-electron chi connectivity index (χ2n) is 5.58. The van der Waals surface area contributed by atoms with E-state index in [9.17, 15) is 14.4 Å². The fraction of sp³-hybridized carbons (Fsp3) is 0.158. The number of thioether (sulfide) groups is 1. The molecule has 7 nitrogen and oxygen atoms in total. The average Bonchev–Trinajstić information content (AvgIpc) is 2.96. The normalized spacial score (nSPS) is 15.3. The molecule has 3 amide bonds. The second kappa shape index (κ2) is 8.50. The van der Waals surface area contributed by atoms with Crippen molar-refractivity contribution >= 4 is 34.9 Å². The quantitative estimate of drug-likeness (QED) is 0.772.